The highest BCUT2D eigenvalue weighted by molar-refractivity contribution is 5.19. The quantitative estimate of drug-likeness (QED) is 0.665. The molecular weight excluding hydrogens is 233 g/mol. The number of halogens is 1. The number of nitrogens with one attached hydrogen (secondary N) is 1. The molecule has 0 aliphatic rings. The van der Waals surface area contributed by atoms with Gasteiger partial charge in [0.15, 0.2) is 0 Å². The summed E-state index contributed by atoms with van der Waals surface area (Å²) in [6.07, 6.45) is 1.37. The van der Waals surface area contributed by atoms with Crippen molar-refractivity contribution in [2.75, 3.05) is 26.3 Å². The second-order valence-corrected chi connectivity index (χ2v) is 4.21. The van der Waals surface area contributed by atoms with Crippen molar-refractivity contribution in [3.63, 3.8) is 0 Å². The Labute approximate surface area is 108 Å². The Balaban J connectivity index is 2.14. The fourth-order valence-corrected chi connectivity index (χ4v) is 1.59. The van der Waals surface area contributed by atoms with E-state index in [-0.39, 0.29) is 5.82 Å². The molecule has 0 bridgehead atoms. The van der Waals surface area contributed by atoms with Crippen LogP contribution in [0.1, 0.15) is 31.4 Å². The third kappa shape index (κ3) is 5.58. The molecule has 0 amide bonds. The molecule has 0 heterocycles. The smallest absolute Gasteiger partial charge is 0.129 e. The SMILES string of the molecule is CCCCOCCNCC(O)c1ccccc1F. The molecule has 2 N–H and O–H groups in total. The number of aliphatic hydroxyl groups is 1. The summed E-state index contributed by atoms with van der Waals surface area (Å²) in [6, 6.07) is 6.28. The van der Waals surface area contributed by atoms with Crippen molar-refractivity contribution in [3.8, 4) is 0 Å². The molecule has 0 aliphatic carbocycles. The van der Waals surface area contributed by atoms with Crippen LogP contribution in [0.3, 0.4) is 0 Å². The molecule has 1 unspecified atom stereocenters. The summed E-state index contributed by atoms with van der Waals surface area (Å²) in [7, 11) is 0. The minimum Gasteiger partial charge on any atom is -0.387 e. The van der Waals surface area contributed by atoms with E-state index in [4.69, 9.17) is 4.74 Å². The largest absolute Gasteiger partial charge is 0.387 e. The molecule has 3 nitrogen and oxygen atoms in total. The molecule has 1 aromatic rings. The first-order chi connectivity index (χ1) is 8.75. The second-order valence-electron chi connectivity index (χ2n) is 4.21. The van der Waals surface area contributed by atoms with Crippen molar-refractivity contribution in [1.82, 2.24) is 5.32 Å². The third-order valence-electron chi connectivity index (χ3n) is 2.67. The van der Waals surface area contributed by atoms with Crippen molar-refractivity contribution in [3.05, 3.63) is 35.6 Å². The van der Waals surface area contributed by atoms with E-state index < -0.39 is 6.10 Å². The Kier molecular flexibility index (Phi) is 7.57. The van der Waals surface area contributed by atoms with Gasteiger partial charge in [-0.05, 0) is 12.5 Å². The van der Waals surface area contributed by atoms with E-state index in [9.17, 15) is 9.50 Å². The number of hydrogen-bond acceptors (Lipinski definition) is 3. The first-order valence-electron chi connectivity index (χ1n) is 6.46. The molecule has 0 saturated carbocycles. The normalized spacial score (nSPS) is 12.6. The molecule has 4 heteroatoms. The zero-order valence-electron chi connectivity index (χ0n) is 10.9. The van der Waals surface area contributed by atoms with Crippen LogP contribution in [0, 0.1) is 5.82 Å². The topological polar surface area (TPSA) is 41.5 Å². The average molecular weight is 255 g/mol. The van der Waals surface area contributed by atoms with Crippen LogP contribution in [0.5, 0.6) is 0 Å². The van der Waals surface area contributed by atoms with Crippen molar-refractivity contribution < 1.29 is 14.2 Å². The van der Waals surface area contributed by atoms with E-state index in [1.807, 2.05) is 0 Å². The van der Waals surface area contributed by atoms with Crippen LogP contribution in [0.25, 0.3) is 0 Å². The van der Waals surface area contributed by atoms with Gasteiger partial charge in [0, 0.05) is 25.3 Å². The molecule has 0 radical (unpaired) electrons. The summed E-state index contributed by atoms with van der Waals surface area (Å²) < 4.78 is 18.7. The molecule has 102 valence electrons. The number of rotatable bonds is 9. The summed E-state index contributed by atoms with van der Waals surface area (Å²) >= 11 is 0. The predicted octanol–water partition coefficient (Wildman–Crippen LogP) is 2.27. The summed E-state index contributed by atoms with van der Waals surface area (Å²) in [4.78, 5) is 0. The van der Waals surface area contributed by atoms with Gasteiger partial charge in [-0.25, -0.2) is 4.39 Å². The zero-order valence-corrected chi connectivity index (χ0v) is 10.9. The van der Waals surface area contributed by atoms with Crippen LogP contribution < -0.4 is 5.32 Å². The van der Waals surface area contributed by atoms with Gasteiger partial charge in [0.05, 0.1) is 12.7 Å². The lowest BCUT2D eigenvalue weighted by Crippen LogP contribution is -2.25. The number of hydrogen-bond donors (Lipinski definition) is 2. The zero-order chi connectivity index (χ0) is 13.2. The Morgan fingerprint density at radius 2 is 2.11 bits per heavy atom. The van der Waals surface area contributed by atoms with E-state index in [1.54, 1.807) is 18.2 Å². The van der Waals surface area contributed by atoms with Crippen LogP contribution in [0.4, 0.5) is 4.39 Å². The molecule has 1 aromatic carbocycles. The monoisotopic (exact) mass is 255 g/mol. The van der Waals surface area contributed by atoms with Gasteiger partial charge in [0.25, 0.3) is 0 Å². The van der Waals surface area contributed by atoms with Crippen molar-refractivity contribution >= 4 is 0 Å². The number of unbranched alkanes of at least 4 members (excludes halogenated alkanes) is 1. The van der Waals surface area contributed by atoms with Gasteiger partial charge in [0.1, 0.15) is 5.82 Å². The average Bonchev–Trinajstić information content (AvgIpc) is 2.38. The van der Waals surface area contributed by atoms with Crippen molar-refractivity contribution in [2.24, 2.45) is 0 Å². The lowest BCUT2D eigenvalue weighted by Gasteiger charge is -2.13. The molecule has 1 rings (SSSR count). The fraction of sp³-hybridized carbons (Fsp3) is 0.571. The van der Waals surface area contributed by atoms with Gasteiger partial charge in [0.2, 0.25) is 0 Å². The molecule has 0 fully saturated rings. The highest BCUT2D eigenvalue weighted by Crippen LogP contribution is 2.15. The lowest BCUT2D eigenvalue weighted by molar-refractivity contribution is 0.125. The first kappa shape index (κ1) is 15.1. The van der Waals surface area contributed by atoms with Crippen LogP contribution in [0.15, 0.2) is 24.3 Å². The summed E-state index contributed by atoms with van der Waals surface area (Å²) in [6.45, 7) is 4.50. The first-order valence-corrected chi connectivity index (χ1v) is 6.46. The Morgan fingerprint density at radius 1 is 1.33 bits per heavy atom. The minimum atomic E-state index is -0.818. The van der Waals surface area contributed by atoms with Gasteiger partial charge in [-0.15, -0.1) is 0 Å². The third-order valence-corrected chi connectivity index (χ3v) is 2.67. The summed E-state index contributed by atoms with van der Waals surface area (Å²) in [5.41, 5.74) is 0.330. The molecular formula is C14H22FNO2. The highest BCUT2D eigenvalue weighted by Gasteiger charge is 2.10. The van der Waals surface area contributed by atoms with E-state index in [2.05, 4.69) is 12.2 Å². The Morgan fingerprint density at radius 3 is 2.83 bits per heavy atom. The standard InChI is InChI=1S/C14H22FNO2/c1-2-3-9-18-10-8-16-11-14(17)12-6-4-5-7-13(12)15/h4-7,14,16-17H,2-3,8-11H2,1H3. The van der Waals surface area contributed by atoms with Crippen molar-refractivity contribution in [1.29, 1.82) is 0 Å². The van der Waals surface area contributed by atoms with Gasteiger partial charge in [-0.2, -0.15) is 0 Å². The fourth-order valence-electron chi connectivity index (χ4n) is 1.59. The van der Waals surface area contributed by atoms with E-state index in [0.29, 0.717) is 25.3 Å². The highest BCUT2D eigenvalue weighted by atomic mass is 19.1. The number of aliphatic hydroxyl groups excluding tert-OH is 1. The van der Waals surface area contributed by atoms with Crippen molar-refractivity contribution in [2.45, 2.75) is 25.9 Å². The molecule has 0 spiro atoms. The summed E-state index contributed by atoms with van der Waals surface area (Å²) in [5, 5.41) is 12.8. The van der Waals surface area contributed by atoms with E-state index in [1.165, 1.54) is 6.07 Å². The predicted molar refractivity (Wildman–Crippen MR) is 70.0 cm³/mol. The van der Waals surface area contributed by atoms with Gasteiger partial charge in [-0.1, -0.05) is 31.5 Å². The van der Waals surface area contributed by atoms with Crippen LogP contribution in [-0.4, -0.2) is 31.4 Å². The second kappa shape index (κ2) is 9.03. The number of benzene rings is 1. The lowest BCUT2D eigenvalue weighted by atomic mass is 10.1. The van der Waals surface area contributed by atoms with Crippen LogP contribution >= 0.6 is 0 Å². The Bertz CT molecular complexity index is 333. The van der Waals surface area contributed by atoms with Crippen LogP contribution in [0.2, 0.25) is 0 Å². The van der Waals surface area contributed by atoms with Crippen LogP contribution in [-0.2, 0) is 4.74 Å². The molecule has 0 aliphatic heterocycles. The molecule has 0 aromatic heterocycles. The Hall–Kier alpha value is -0.970. The number of ether oxygens (including phenoxy) is 1. The maximum Gasteiger partial charge on any atom is 0.129 e. The van der Waals surface area contributed by atoms with Gasteiger partial charge >= 0.3 is 0 Å². The molecule has 1 atom stereocenters. The maximum absolute atomic E-state index is 13.3. The summed E-state index contributed by atoms with van der Waals surface area (Å²) in [5.74, 6) is -0.369. The minimum absolute atomic E-state index is 0.330. The van der Waals surface area contributed by atoms with Gasteiger partial charge in [-0.3, -0.25) is 0 Å². The van der Waals surface area contributed by atoms with E-state index >= 15 is 0 Å². The van der Waals surface area contributed by atoms with E-state index in [0.717, 1.165) is 19.4 Å². The molecule has 18 heavy (non-hydrogen) atoms. The molecule has 0 saturated heterocycles. The van der Waals surface area contributed by atoms with Gasteiger partial charge < -0.3 is 15.2 Å². The maximum atomic E-state index is 13.3.